The highest BCUT2D eigenvalue weighted by Crippen LogP contribution is 2.33. The molecule has 5 heteroatoms. The van der Waals surface area contributed by atoms with Crippen LogP contribution >= 0.6 is 0 Å². The van der Waals surface area contributed by atoms with E-state index in [0.29, 0.717) is 12.0 Å². The topological polar surface area (TPSA) is 90.2 Å². The van der Waals surface area contributed by atoms with Gasteiger partial charge in [-0.05, 0) is 54.7 Å². The number of aliphatic hydroxyl groups excluding tert-OH is 4. The standard InChI is InChI=1S/C23H26O5/c1-3-4-15-6-8-16(9-7-15)11-18-12-17(10-5-14(18)2)23-22(27)21(26)20(25)19(13-24)28-23/h5-10,12,19-27H,11,13H2,1-2H3/t19?,20-,21?,22-,23+/m1/s1. The Hall–Kier alpha value is -2.20. The van der Waals surface area contributed by atoms with Crippen LogP contribution in [0.2, 0.25) is 0 Å². The molecule has 5 nitrogen and oxygen atoms in total. The SMILES string of the molecule is CC#Cc1ccc(Cc2cc([C@@H]3OC(CO)[C@@H](O)C(O)[C@H]3O)ccc2C)cc1. The lowest BCUT2D eigenvalue weighted by atomic mass is 9.89. The lowest BCUT2D eigenvalue weighted by Crippen LogP contribution is -2.55. The van der Waals surface area contributed by atoms with E-state index >= 15 is 0 Å². The van der Waals surface area contributed by atoms with Crippen molar-refractivity contribution in [2.75, 3.05) is 6.61 Å². The molecule has 0 spiro atoms. The van der Waals surface area contributed by atoms with E-state index in [1.54, 1.807) is 0 Å². The summed E-state index contributed by atoms with van der Waals surface area (Å²) < 4.78 is 5.68. The first-order valence-electron chi connectivity index (χ1n) is 9.36. The van der Waals surface area contributed by atoms with Gasteiger partial charge in [-0.3, -0.25) is 0 Å². The predicted octanol–water partition coefficient (Wildman–Crippen LogP) is 1.47. The van der Waals surface area contributed by atoms with Crippen LogP contribution < -0.4 is 0 Å². The lowest BCUT2D eigenvalue weighted by Gasteiger charge is -2.40. The van der Waals surface area contributed by atoms with E-state index < -0.39 is 37.1 Å². The second kappa shape index (κ2) is 8.87. The average molecular weight is 382 g/mol. The van der Waals surface area contributed by atoms with Gasteiger partial charge in [0.2, 0.25) is 0 Å². The van der Waals surface area contributed by atoms with E-state index in [9.17, 15) is 20.4 Å². The van der Waals surface area contributed by atoms with Crippen molar-refractivity contribution in [3.63, 3.8) is 0 Å². The Bertz CT molecular complexity index is 863. The van der Waals surface area contributed by atoms with Gasteiger partial charge in [0.1, 0.15) is 30.5 Å². The fourth-order valence-corrected chi connectivity index (χ4v) is 3.51. The summed E-state index contributed by atoms with van der Waals surface area (Å²) in [5.41, 5.74) is 4.98. The molecule has 1 fully saturated rings. The van der Waals surface area contributed by atoms with Crippen LogP contribution in [0.1, 0.15) is 40.8 Å². The van der Waals surface area contributed by atoms with Crippen LogP contribution in [0, 0.1) is 18.8 Å². The zero-order valence-electron chi connectivity index (χ0n) is 16.0. The highest BCUT2D eigenvalue weighted by molar-refractivity contribution is 5.40. The highest BCUT2D eigenvalue weighted by Gasteiger charge is 2.43. The Morgan fingerprint density at radius 1 is 0.964 bits per heavy atom. The molecule has 2 unspecified atom stereocenters. The molecule has 1 aliphatic rings. The van der Waals surface area contributed by atoms with Gasteiger partial charge in [-0.25, -0.2) is 0 Å². The predicted molar refractivity (Wildman–Crippen MR) is 106 cm³/mol. The molecule has 0 bridgehead atoms. The molecule has 0 aliphatic carbocycles. The third kappa shape index (κ3) is 4.27. The Morgan fingerprint density at radius 2 is 1.68 bits per heavy atom. The summed E-state index contributed by atoms with van der Waals surface area (Å²) in [6, 6.07) is 13.8. The molecule has 0 radical (unpaired) electrons. The molecule has 5 atom stereocenters. The van der Waals surface area contributed by atoms with Crippen molar-refractivity contribution in [1.29, 1.82) is 0 Å². The second-order valence-electron chi connectivity index (χ2n) is 7.18. The Labute approximate surface area is 165 Å². The number of rotatable bonds is 4. The Kier molecular flexibility index (Phi) is 6.50. The van der Waals surface area contributed by atoms with Gasteiger partial charge in [0, 0.05) is 5.56 Å². The van der Waals surface area contributed by atoms with Crippen molar-refractivity contribution in [3.05, 3.63) is 70.3 Å². The minimum Gasteiger partial charge on any atom is -0.394 e. The maximum Gasteiger partial charge on any atom is 0.113 e. The largest absolute Gasteiger partial charge is 0.394 e. The van der Waals surface area contributed by atoms with Crippen molar-refractivity contribution in [3.8, 4) is 11.8 Å². The molecule has 0 amide bonds. The van der Waals surface area contributed by atoms with Gasteiger partial charge in [0.15, 0.2) is 0 Å². The van der Waals surface area contributed by atoms with E-state index in [1.807, 2.05) is 56.3 Å². The van der Waals surface area contributed by atoms with Gasteiger partial charge in [0.25, 0.3) is 0 Å². The number of hydrogen-bond acceptors (Lipinski definition) is 5. The maximum atomic E-state index is 10.4. The van der Waals surface area contributed by atoms with Crippen molar-refractivity contribution >= 4 is 0 Å². The number of ether oxygens (including phenoxy) is 1. The number of aliphatic hydroxyl groups is 4. The van der Waals surface area contributed by atoms with Crippen molar-refractivity contribution in [2.24, 2.45) is 0 Å². The van der Waals surface area contributed by atoms with Crippen LogP contribution in [0.15, 0.2) is 42.5 Å². The van der Waals surface area contributed by atoms with E-state index in [4.69, 9.17) is 4.74 Å². The third-order valence-electron chi connectivity index (χ3n) is 5.21. The van der Waals surface area contributed by atoms with E-state index in [0.717, 1.165) is 22.3 Å². The summed E-state index contributed by atoms with van der Waals surface area (Å²) in [5, 5.41) is 39.8. The Balaban J connectivity index is 1.85. The van der Waals surface area contributed by atoms with Gasteiger partial charge in [-0.15, -0.1) is 5.92 Å². The molecule has 4 N–H and O–H groups in total. The first-order chi connectivity index (χ1) is 13.4. The molecule has 0 saturated carbocycles. The summed E-state index contributed by atoms with van der Waals surface area (Å²) >= 11 is 0. The molecule has 3 rings (SSSR count). The third-order valence-corrected chi connectivity index (χ3v) is 5.21. The molecular weight excluding hydrogens is 356 g/mol. The molecule has 1 saturated heterocycles. The molecule has 28 heavy (non-hydrogen) atoms. The average Bonchev–Trinajstić information content (AvgIpc) is 2.70. The van der Waals surface area contributed by atoms with Crippen LogP contribution in [0.4, 0.5) is 0 Å². The van der Waals surface area contributed by atoms with Gasteiger partial charge >= 0.3 is 0 Å². The summed E-state index contributed by atoms with van der Waals surface area (Å²) in [4.78, 5) is 0. The first kappa shape index (κ1) is 20.5. The lowest BCUT2D eigenvalue weighted by molar-refractivity contribution is -0.231. The maximum absolute atomic E-state index is 10.4. The van der Waals surface area contributed by atoms with E-state index in [2.05, 4.69) is 11.8 Å². The van der Waals surface area contributed by atoms with E-state index in [-0.39, 0.29) is 0 Å². The van der Waals surface area contributed by atoms with Crippen LogP contribution in [-0.2, 0) is 11.2 Å². The molecule has 1 heterocycles. The van der Waals surface area contributed by atoms with Gasteiger partial charge in [0.05, 0.1) is 6.61 Å². The minimum atomic E-state index is -1.38. The van der Waals surface area contributed by atoms with Crippen LogP contribution in [0.3, 0.4) is 0 Å². The molecule has 2 aromatic carbocycles. The smallest absolute Gasteiger partial charge is 0.113 e. The van der Waals surface area contributed by atoms with Crippen molar-refractivity contribution in [1.82, 2.24) is 0 Å². The Morgan fingerprint density at radius 3 is 2.32 bits per heavy atom. The molecular formula is C23H26O5. The van der Waals surface area contributed by atoms with Gasteiger partial charge < -0.3 is 25.2 Å². The van der Waals surface area contributed by atoms with Crippen LogP contribution in [0.5, 0.6) is 0 Å². The molecule has 2 aromatic rings. The summed E-state index contributed by atoms with van der Waals surface area (Å²) in [6.45, 7) is 3.39. The zero-order valence-corrected chi connectivity index (χ0v) is 16.0. The minimum absolute atomic E-state index is 0.437. The normalized spacial score (nSPS) is 27.1. The van der Waals surface area contributed by atoms with Gasteiger partial charge in [-0.1, -0.05) is 36.3 Å². The monoisotopic (exact) mass is 382 g/mol. The highest BCUT2D eigenvalue weighted by atomic mass is 16.5. The fraction of sp³-hybridized carbons (Fsp3) is 0.391. The van der Waals surface area contributed by atoms with Crippen LogP contribution in [-0.4, -0.2) is 51.4 Å². The van der Waals surface area contributed by atoms with Crippen molar-refractivity contribution < 1.29 is 25.2 Å². The molecule has 0 aromatic heterocycles. The quantitative estimate of drug-likeness (QED) is 0.602. The number of aryl methyl sites for hydroxylation is 1. The van der Waals surface area contributed by atoms with Crippen molar-refractivity contribution in [2.45, 2.75) is 50.8 Å². The van der Waals surface area contributed by atoms with Gasteiger partial charge in [-0.2, -0.15) is 0 Å². The second-order valence-corrected chi connectivity index (χ2v) is 7.18. The first-order valence-corrected chi connectivity index (χ1v) is 9.36. The number of benzene rings is 2. The molecule has 1 aliphatic heterocycles. The zero-order chi connectivity index (χ0) is 20.3. The van der Waals surface area contributed by atoms with Crippen LogP contribution in [0.25, 0.3) is 0 Å². The number of hydrogen-bond donors (Lipinski definition) is 4. The fourth-order valence-electron chi connectivity index (χ4n) is 3.51. The summed E-state index contributed by atoms with van der Waals surface area (Å²) in [7, 11) is 0. The summed E-state index contributed by atoms with van der Waals surface area (Å²) in [5.74, 6) is 5.91. The molecule has 148 valence electrons. The van der Waals surface area contributed by atoms with E-state index in [1.165, 1.54) is 0 Å². The summed E-state index contributed by atoms with van der Waals surface area (Å²) in [6.07, 6.45) is -5.05.